The molecule has 3 aromatic carbocycles. The summed E-state index contributed by atoms with van der Waals surface area (Å²) in [6.07, 6.45) is 0.265. The van der Waals surface area contributed by atoms with Gasteiger partial charge in [0, 0.05) is 43.4 Å². The van der Waals surface area contributed by atoms with Gasteiger partial charge in [-0.3, -0.25) is 19.8 Å². The zero-order chi connectivity index (χ0) is 33.1. The Balaban J connectivity index is 1.90. The van der Waals surface area contributed by atoms with Crippen molar-refractivity contribution in [3.05, 3.63) is 95.1 Å². The second-order valence-electron chi connectivity index (χ2n) is 10.8. The molecule has 0 bridgehead atoms. The number of hydrazine groups is 1. The molecule has 242 valence electrons. The summed E-state index contributed by atoms with van der Waals surface area (Å²) in [6.45, 7) is 4.64. The number of primary sulfonamides is 1. The molecule has 0 aromatic heterocycles. The van der Waals surface area contributed by atoms with Crippen LogP contribution in [0, 0.1) is 0 Å². The van der Waals surface area contributed by atoms with Crippen LogP contribution in [0.25, 0.3) is 0 Å². The van der Waals surface area contributed by atoms with Crippen molar-refractivity contribution in [3.8, 4) is 5.75 Å². The van der Waals surface area contributed by atoms with Crippen LogP contribution in [0.5, 0.6) is 5.75 Å². The Morgan fingerprint density at radius 1 is 0.867 bits per heavy atom. The largest absolute Gasteiger partial charge is 0.508 e. The van der Waals surface area contributed by atoms with Gasteiger partial charge in [0.2, 0.25) is 10.0 Å². The van der Waals surface area contributed by atoms with Crippen LogP contribution in [-0.4, -0.2) is 85.1 Å². The Morgan fingerprint density at radius 3 is 2.04 bits per heavy atom. The number of nitrogens with one attached hydrogen (secondary N) is 2. The van der Waals surface area contributed by atoms with Crippen molar-refractivity contribution in [2.45, 2.75) is 50.2 Å². The molecular formula is C32H41N5O7S. The predicted octanol–water partition coefficient (Wildman–Crippen LogP) is 2.28. The minimum Gasteiger partial charge on any atom is -0.508 e. The fourth-order valence-corrected chi connectivity index (χ4v) is 5.34. The summed E-state index contributed by atoms with van der Waals surface area (Å²) in [5.74, 6) is -1.53. The first-order valence-corrected chi connectivity index (χ1v) is 16.2. The maximum Gasteiger partial charge on any atom is 0.265 e. The van der Waals surface area contributed by atoms with Crippen molar-refractivity contribution < 1.29 is 33.0 Å². The van der Waals surface area contributed by atoms with Crippen LogP contribution in [0.15, 0.2) is 77.7 Å². The number of phenols is 1. The Labute approximate surface area is 263 Å². The molecule has 13 heteroatoms. The predicted molar refractivity (Wildman–Crippen MR) is 170 cm³/mol. The number of likely N-dealkylation sites (N-methyl/N-ethyl adjacent to an activating group) is 1. The van der Waals surface area contributed by atoms with E-state index in [0.717, 1.165) is 12.1 Å². The molecule has 2 unspecified atom stereocenters. The van der Waals surface area contributed by atoms with Crippen molar-refractivity contribution in [2.24, 2.45) is 5.14 Å². The molecule has 0 aliphatic carbocycles. The normalized spacial score (nSPS) is 12.8. The van der Waals surface area contributed by atoms with Crippen LogP contribution in [0.1, 0.15) is 63.3 Å². The lowest BCUT2D eigenvalue weighted by Crippen LogP contribution is -2.52. The molecule has 0 saturated heterocycles. The monoisotopic (exact) mass is 639 g/mol. The molecule has 3 aromatic rings. The standard InChI is InChI=1S/C32H41N5O7S/c1-4-15-37(16-5-2)32(42)25-18-24(19-27(20-25)45(33,43)44)30(40)34-28(17-22-11-13-26(38)14-12-22)29(39)21-36(3)35-31(41)23-9-7-6-8-10-23/h6-14,18-20,28-29,38-39H,4-5,15-17,21H2,1-3H3,(H,34,40)(H,35,41)(H2,33,43,44). The summed E-state index contributed by atoms with van der Waals surface area (Å²) in [5.41, 5.74) is 3.64. The van der Waals surface area contributed by atoms with Gasteiger partial charge < -0.3 is 20.4 Å². The van der Waals surface area contributed by atoms with Crippen LogP contribution in [0.2, 0.25) is 0 Å². The highest BCUT2D eigenvalue weighted by Gasteiger charge is 2.27. The summed E-state index contributed by atoms with van der Waals surface area (Å²) in [7, 11) is -2.72. The lowest BCUT2D eigenvalue weighted by atomic mass is 10.00. The molecular weight excluding hydrogens is 598 g/mol. The van der Waals surface area contributed by atoms with E-state index in [9.17, 15) is 33.0 Å². The van der Waals surface area contributed by atoms with Crippen LogP contribution in [0.3, 0.4) is 0 Å². The van der Waals surface area contributed by atoms with Crippen LogP contribution >= 0.6 is 0 Å². The molecule has 0 heterocycles. The third-order valence-corrected chi connectivity index (χ3v) is 7.87. The van der Waals surface area contributed by atoms with E-state index in [1.807, 2.05) is 13.8 Å². The molecule has 0 saturated carbocycles. The number of rotatable bonds is 15. The number of nitrogens with zero attached hydrogens (tertiary/aromatic N) is 2. The van der Waals surface area contributed by atoms with Gasteiger partial charge in [0.25, 0.3) is 17.7 Å². The van der Waals surface area contributed by atoms with Crippen LogP contribution < -0.4 is 15.9 Å². The first-order chi connectivity index (χ1) is 21.3. The average molecular weight is 640 g/mol. The number of aliphatic hydroxyl groups is 1. The number of aromatic hydroxyl groups is 1. The lowest BCUT2D eigenvalue weighted by Gasteiger charge is -2.28. The molecule has 6 N–H and O–H groups in total. The number of aliphatic hydroxyl groups excluding tert-OH is 1. The van der Waals surface area contributed by atoms with E-state index in [-0.39, 0.29) is 35.7 Å². The fourth-order valence-electron chi connectivity index (χ4n) is 4.76. The van der Waals surface area contributed by atoms with Gasteiger partial charge in [0.05, 0.1) is 17.0 Å². The minimum atomic E-state index is -4.28. The maximum atomic E-state index is 13.6. The SMILES string of the molecule is CCCN(CCC)C(=O)c1cc(C(=O)NC(Cc2ccc(O)cc2)C(O)CN(C)NC(=O)c2ccccc2)cc(S(N)(=O)=O)c1. The third-order valence-electron chi connectivity index (χ3n) is 6.98. The van der Waals surface area contributed by atoms with E-state index in [1.54, 1.807) is 54.4 Å². The summed E-state index contributed by atoms with van der Waals surface area (Å²) < 4.78 is 24.7. The van der Waals surface area contributed by atoms with Crippen LogP contribution in [0.4, 0.5) is 0 Å². The first-order valence-electron chi connectivity index (χ1n) is 14.6. The average Bonchev–Trinajstić information content (AvgIpc) is 3.00. The second-order valence-corrected chi connectivity index (χ2v) is 12.4. The van der Waals surface area contributed by atoms with Gasteiger partial charge in [0.15, 0.2) is 0 Å². The second kappa shape index (κ2) is 16.1. The van der Waals surface area contributed by atoms with Crippen molar-refractivity contribution in [2.75, 3.05) is 26.7 Å². The number of hydrogen-bond donors (Lipinski definition) is 5. The van der Waals surface area contributed by atoms with Crippen molar-refractivity contribution >= 4 is 27.7 Å². The van der Waals surface area contributed by atoms with E-state index in [0.29, 0.717) is 37.1 Å². The quantitative estimate of drug-likeness (QED) is 0.157. The number of carbonyl (C=O) groups excluding carboxylic acids is 3. The van der Waals surface area contributed by atoms with Crippen molar-refractivity contribution in [1.29, 1.82) is 0 Å². The molecule has 0 aliphatic rings. The smallest absolute Gasteiger partial charge is 0.265 e. The van der Waals surface area contributed by atoms with E-state index in [4.69, 9.17) is 5.14 Å². The highest BCUT2D eigenvalue weighted by Crippen LogP contribution is 2.19. The lowest BCUT2D eigenvalue weighted by molar-refractivity contribution is 0.0542. The molecule has 3 rings (SSSR count). The van der Waals surface area contributed by atoms with E-state index in [2.05, 4.69) is 10.7 Å². The van der Waals surface area contributed by atoms with Gasteiger partial charge in [-0.1, -0.05) is 44.2 Å². The fraction of sp³-hybridized carbons (Fsp3) is 0.344. The Bertz CT molecular complexity index is 1560. The number of benzene rings is 3. The van der Waals surface area contributed by atoms with Gasteiger partial charge in [0.1, 0.15) is 5.75 Å². The molecule has 12 nitrogen and oxygen atoms in total. The molecule has 3 amide bonds. The molecule has 45 heavy (non-hydrogen) atoms. The number of sulfonamides is 1. The number of nitrogens with two attached hydrogens (primary N) is 1. The van der Waals surface area contributed by atoms with Gasteiger partial charge in [-0.2, -0.15) is 0 Å². The Hall–Kier alpha value is -4.30. The molecule has 2 atom stereocenters. The molecule has 0 spiro atoms. The van der Waals surface area contributed by atoms with Gasteiger partial charge in [-0.25, -0.2) is 18.6 Å². The summed E-state index contributed by atoms with van der Waals surface area (Å²) in [6, 6.07) is 17.3. The molecule has 0 aliphatic heterocycles. The highest BCUT2D eigenvalue weighted by molar-refractivity contribution is 7.89. The topological polar surface area (TPSA) is 182 Å². The zero-order valence-corrected chi connectivity index (χ0v) is 26.5. The first kappa shape index (κ1) is 35.2. The summed E-state index contributed by atoms with van der Waals surface area (Å²) in [5, 5.41) is 30.5. The van der Waals surface area contributed by atoms with E-state index < -0.39 is 38.9 Å². The summed E-state index contributed by atoms with van der Waals surface area (Å²) in [4.78, 5) is 40.8. The van der Waals surface area contributed by atoms with Crippen LogP contribution in [-0.2, 0) is 16.4 Å². The molecule has 0 radical (unpaired) electrons. The van der Waals surface area contributed by atoms with Gasteiger partial charge in [-0.05, 0) is 67.3 Å². The number of amides is 3. The Morgan fingerprint density at radius 2 is 1.47 bits per heavy atom. The van der Waals surface area contributed by atoms with Crippen molar-refractivity contribution in [3.63, 3.8) is 0 Å². The Kier molecular flexibility index (Phi) is 12.6. The summed E-state index contributed by atoms with van der Waals surface area (Å²) >= 11 is 0. The third kappa shape index (κ3) is 10.4. The number of phenolic OH excluding ortho intramolecular Hbond substituents is 1. The van der Waals surface area contributed by atoms with E-state index >= 15 is 0 Å². The van der Waals surface area contributed by atoms with Crippen molar-refractivity contribution in [1.82, 2.24) is 20.7 Å². The minimum absolute atomic E-state index is 0.00688. The molecule has 0 fully saturated rings. The number of hydrogen-bond acceptors (Lipinski definition) is 8. The van der Waals surface area contributed by atoms with E-state index in [1.165, 1.54) is 23.2 Å². The highest BCUT2D eigenvalue weighted by atomic mass is 32.2. The van der Waals surface area contributed by atoms with Gasteiger partial charge >= 0.3 is 0 Å². The zero-order valence-electron chi connectivity index (χ0n) is 25.6. The maximum absolute atomic E-state index is 13.6. The van der Waals surface area contributed by atoms with Gasteiger partial charge in [-0.15, -0.1) is 0 Å². The number of carbonyl (C=O) groups is 3.